The lowest BCUT2D eigenvalue weighted by Gasteiger charge is -2.19. The van der Waals surface area contributed by atoms with Gasteiger partial charge in [0.1, 0.15) is 10.9 Å². The fourth-order valence-corrected chi connectivity index (χ4v) is 3.96. The van der Waals surface area contributed by atoms with Crippen LogP contribution in [-0.2, 0) is 19.6 Å². The summed E-state index contributed by atoms with van der Waals surface area (Å²) in [6.07, 6.45) is -0.336. The van der Waals surface area contributed by atoms with E-state index in [0.29, 0.717) is 4.31 Å². The van der Waals surface area contributed by atoms with Gasteiger partial charge in [-0.25, -0.2) is 12.7 Å². The smallest absolute Gasteiger partial charge is 0.269 e. The van der Waals surface area contributed by atoms with Crippen molar-refractivity contribution in [2.75, 3.05) is 0 Å². The van der Waals surface area contributed by atoms with Crippen molar-refractivity contribution in [3.05, 3.63) is 29.8 Å². The summed E-state index contributed by atoms with van der Waals surface area (Å²) < 4.78 is 25.0. The standard InChI is InChI=1S/C11H8N2O5S/c14-9-5-7(10(15)12-9)13-11(16)6-3-1-2-4-8(6)19(13,17)18/h1-4,7H,5H2,(H,12,14,15). The first-order chi connectivity index (χ1) is 8.93. The largest absolute Gasteiger partial charge is 0.295 e. The zero-order valence-electron chi connectivity index (χ0n) is 9.49. The number of amides is 3. The van der Waals surface area contributed by atoms with Gasteiger partial charge in [0, 0.05) is 0 Å². The molecule has 0 saturated carbocycles. The molecule has 0 spiro atoms. The number of hydrogen-bond acceptors (Lipinski definition) is 5. The lowest BCUT2D eigenvalue weighted by Crippen LogP contribution is -2.44. The van der Waals surface area contributed by atoms with Gasteiger partial charge in [-0.1, -0.05) is 12.1 Å². The summed E-state index contributed by atoms with van der Waals surface area (Å²) in [6, 6.07) is 4.42. The van der Waals surface area contributed by atoms with Crippen molar-refractivity contribution in [2.45, 2.75) is 17.4 Å². The molecule has 19 heavy (non-hydrogen) atoms. The average Bonchev–Trinajstić information content (AvgIpc) is 2.77. The maximum atomic E-state index is 12.2. The van der Waals surface area contributed by atoms with Crippen LogP contribution >= 0.6 is 0 Å². The molecule has 0 aromatic heterocycles. The van der Waals surface area contributed by atoms with E-state index in [1.807, 2.05) is 5.32 Å². The third-order valence-electron chi connectivity index (χ3n) is 3.08. The molecule has 0 radical (unpaired) electrons. The quantitative estimate of drug-likeness (QED) is 0.682. The van der Waals surface area contributed by atoms with Crippen LogP contribution in [-0.4, -0.2) is 36.5 Å². The van der Waals surface area contributed by atoms with Crippen molar-refractivity contribution in [1.82, 2.24) is 9.62 Å². The lowest BCUT2D eigenvalue weighted by atomic mass is 10.2. The molecule has 1 atom stereocenters. The number of carbonyl (C=O) groups excluding carboxylic acids is 3. The van der Waals surface area contributed by atoms with Crippen LogP contribution in [0.25, 0.3) is 0 Å². The molecule has 98 valence electrons. The molecule has 0 aliphatic carbocycles. The van der Waals surface area contributed by atoms with Crippen LogP contribution in [0.4, 0.5) is 0 Å². The number of fused-ring (bicyclic) bond motifs is 1. The first-order valence-corrected chi connectivity index (χ1v) is 6.88. The average molecular weight is 280 g/mol. The Morgan fingerprint density at radius 2 is 1.84 bits per heavy atom. The number of hydrogen-bond donors (Lipinski definition) is 1. The van der Waals surface area contributed by atoms with E-state index in [2.05, 4.69) is 0 Å². The summed E-state index contributed by atoms with van der Waals surface area (Å²) in [5.41, 5.74) is 0.0228. The highest BCUT2D eigenvalue weighted by Crippen LogP contribution is 2.33. The second-order valence-electron chi connectivity index (χ2n) is 4.23. The van der Waals surface area contributed by atoms with Crippen molar-refractivity contribution in [3.63, 3.8) is 0 Å². The van der Waals surface area contributed by atoms with E-state index in [1.54, 1.807) is 0 Å². The molecule has 2 heterocycles. The molecule has 2 aliphatic rings. The van der Waals surface area contributed by atoms with E-state index in [9.17, 15) is 22.8 Å². The van der Waals surface area contributed by atoms with Crippen LogP contribution in [0.5, 0.6) is 0 Å². The number of nitrogens with one attached hydrogen (secondary N) is 1. The molecule has 7 nitrogen and oxygen atoms in total. The highest BCUT2D eigenvalue weighted by molar-refractivity contribution is 7.90. The molecule has 8 heteroatoms. The van der Waals surface area contributed by atoms with Crippen molar-refractivity contribution in [1.29, 1.82) is 0 Å². The molecule has 1 aromatic rings. The first-order valence-electron chi connectivity index (χ1n) is 5.44. The number of carbonyl (C=O) groups is 3. The number of benzene rings is 1. The Kier molecular flexibility index (Phi) is 2.27. The molecule has 2 aliphatic heterocycles. The van der Waals surface area contributed by atoms with Gasteiger partial charge in [-0.15, -0.1) is 0 Å². The van der Waals surface area contributed by atoms with Crippen molar-refractivity contribution >= 4 is 27.7 Å². The topological polar surface area (TPSA) is 101 Å². The maximum absolute atomic E-state index is 12.2. The molecule has 1 unspecified atom stereocenters. The summed E-state index contributed by atoms with van der Waals surface area (Å²) >= 11 is 0. The zero-order chi connectivity index (χ0) is 13.8. The van der Waals surface area contributed by atoms with E-state index in [0.717, 1.165) is 0 Å². The van der Waals surface area contributed by atoms with E-state index < -0.39 is 33.8 Å². The predicted molar refractivity (Wildman–Crippen MR) is 61.4 cm³/mol. The Balaban J connectivity index is 2.14. The van der Waals surface area contributed by atoms with Crippen molar-refractivity contribution in [2.24, 2.45) is 0 Å². The normalized spacial score (nSPS) is 24.5. The summed E-state index contributed by atoms with van der Waals surface area (Å²) in [7, 11) is -4.06. The number of nitrogens with zero attached hydrogens (tertiary/aromatic N) is 1. The van der Waals surface area contributed by atoms with Gasteiger partial charge in [0.05, 0.1) is 12.0 Å². The van der Waals surface area contributed by atoms with E-state index in [-0.39, 0.29) is 16.9 Å². The summed E-state index contributed by atoms with van der Waals surface area (Å²) in [6.45, 7) is 0. The van der Waals surface area contributed by atoms with E-state index >= 15 is 0 Å². The zero-order valence-corrected chi connectivity index (χ0v) is 10.3. The minimum absolute atomic E-state index is 0.0228. The van der Waals surface area contributed by atoms with Gasteiger partial charge in [-0.3, -0.25) is 19.7 Å². The van der Waals surface area contributed by atoms with Crippen LogP contribution < -0.4 is 5.32 Å². The Morgan fingerprint density at radius 3 is 2.42 bits per heavy atom. The molecule has 0 bridgehead atoms. The fourth-order valence-electron chi connectivity index (χ4n) is 2.24. The SMILES string of the molecule is O=C1CC(N2C(=O)c3ccccc3S2(=O)=O)C(=O)N1. The van der Waals surface area contributed by atoms with Crippen molar-refractivity contribution in [3.8, 4) is 0 Å². The Hall–Kier alpha value is -2.22. The second kappa shape index (κ2) is 3.64. The number of imide groups is 1. The Morgan fingerprint density at radius 1 is 1.16 bits per heavy atom. The third-order valence-corrected chi connectivity index (χ3v) is 4.93. The Labute approximate surface area is 108 Å². The lowest BCUT2D eigenvalue weighted by molar-refractivity contribution is -0.125. The van der Waals surface area contributed by atoms with Gasteiger partial charge in [-0.2, -0.15) is 0 Å². The van der Waals surface area contributed by atoms with Gasteiger partial charge >= 0.3 is 0 Å². The number of sulfonamides is 1. The van der Waals surface area contributed by atoms with Crippen LogP contribution in [0.2, 0.25) is 0 Å². The third kappa shape index (κ3) is 1.49. The fraction of sp³-hybridized carbons (Fsp3) is 0.182. The van der Waals surface area contributed by atoms with E-state index in [4.69, 9.17) is 0 Å². The van der Waals surface area contributed by atoms with Crippen LogP contribution in [0, 0.1) is 0 Å². The maximum Gasteiger partial charge on any atom is 0.269 e. The van der Waals surface area contributed by atoms with Crippen LogP contribution in [0.1, 0.15) is 16.8 Å². The minimum Gasteiger partial charge on any atom is -0.295 e. The second-order valence-corrected chi connectivity index (χ2v) is 6.02. The van der Waals surface area contributed by atoms with E-state index in [1.165, 1.54) is 24.3 Å². The highest BCUT2D eigenvalue weighted by atomic mass is 32.2. The van der Waals surface area contributed by atoms with Crippen LogP contribution in [0.15, 0.2) is 29.2 Å². The van der Waals surface area contributed by atoms with Gasteiger partial charge < -0.3 is 0 Å². The van der Waals surface area contributed by atoms with Gasteiger partial charge in [0.2, 0.25) is 5.91 Å². The molecule has 1 aromatic carbocycles. The van der Waals surface area contributed by atoms with Gasteiger partial charge in [0.15, 0.2) is 0 Å². The summed E-state index contributed by atoms with van der Waals surface area (Å²) in [5.74, 6) is -2.13. The highest BCUT2D eigenvalue weighted by Gasteiger charge is 2.50. The van der Waals surface area contributed by atoms with Gasteiger partial charge in [-0.05, 0) is 12.1 Å². The summed E-state index contributed by atoms with van der Waals surface area (Å²) in [5, 5.41) is 1.99. The minimum atomic E-state index is -4.06. The van der Waals surface area contributed by atoms with Crippen molar-refractivity contribution < 1.29 is 22.8 Å². The Bertz CT molecular complexity index is 724. The molecule has 1 fully saturated rings. The van der Waals surface area contributed by atoms with Crippen LogP contribution in [0.3, 0.4) is 0 Å². The predicted octanol–water partition coefficient (Wildman–Crippen LogP) is -0.754. The molecular weight excluding hydrogens is 272 g/mol. The molecule has 1 saturated heterocycles. The molecule has 1 N–H and O–H groups in total. The van der Waals surface area contributed by atoms with Gasteiger partial charge in [0.25, 0.3) is 21.8 Å². The molecular formula is C11H8N2O5S. The molecule has 3 rings (SSSR count). The summed E-state index contributed by atoms with van der Waals surface area (Å²) in [4.78, 5) is 34.7. The monoisotopic (exact) mass is 280 g/mol. The molecule has 3 amide bonds. The first kappa shape index (κ1) is 11.8. The number of rotatable bonds is 1.